The molecule has 3 nitrogen and oxygen atoms in total. The Hall–Kier alpha value is -1.74. The molecule has 3 rings (SSSR count). The fourth-order valence-electron chi connectivity index (χ4n) is 3.35. The third-order valence-corrected chi connectivity index (χ3v) is 4.90. The summed E-state index contributed by atoms with van der Waals surface area (Å²) in [6, 6.07) is 11.9. The molecule has 0 N–H and O–H groups in total. The predicted octanol–water partition coefficient (Wildman–Crippen LogP) is 4.65. The van der Waals surface area contributed by atoms with Crippen molar-refractivity contribution in [2.75, 3.05) is 6.54 Å². The summed E-state index contributed by atoms with van der Waals surface area (Å²) in [5, 5.41) is 0.721. The van der Waals surface area contributed by atoms with Gasteiger partial charge in [0, 0.05) is 36.4 Å². The zero-order chi connectivity index (χ0) is 16.2. The van der Waals surface area contributed by atoms with Crippen LogP contribution in [0.4, 0.5) is 0 Å². The zero-order valence-corrected chi connectivity index (χ0v) is 14.3. The molecule has 0 saturated heterocycles. The number of halogens is 1. The van der Waals surface area contributed by atoms with E-state index in [1.165, 1.54) is 0 Å². The van der Waals surface area contributed by atoms with Crippen LogP contribution >= 0.6 is 11.6 Å². The van der Waals surface area contributed by atoms with E-state index in [2.05, 4.69) is 23.8 Å². The molecule has 1 aromatic carbocycles. The van der Waals surface area contributed by atoms with Crippen LogP contribution in [0.25, 0.3) is 0 Å². The van der Waals surface area contributed by atoms with Gasteiger partial charge in [0.25, 0.3) is 0 Å². The summed E-state index contributed by atoms with van der Waals surface area (Å²) in [6.45, 7) is 3.75. The van der Waals surface area contributed by atoms with Gasteiger partial charge in [0.15, 0.2) is 0 Å². The highest BCUT2D eigenvalue weighted by Gasteiger charge is 2.32. The number of benzene rings is 1. The molecule has 1 unspecified atom stereocenters. The van der Waals surface area contributed by atoms with E-state index in [4.69, 9.17) is 11.6 Å². The Morgan fingerprint density at radius 2 is 2.00 bits per heavy atom. The first-order valence-corrected chi connectivity index (χ1v) is 8.79. The molecule has 122 valence electrons. The molecule has 0 saturated carbocycles. The van der Waals surface area contributed by atoms with Crippen molar-refractivity contribution in [2.45, 2.75) is 45.2 Å². The predicted molar refractivity (Wildman–Crippen MR) is 93.6 cm³/mol. The first-order valence-electron chi connectivity index (χ1n) is 8.41. The molecule has 23 heavy (non-hydrogen) atoms. The molecule has 1 amide bonds. The van der Waals surface area contributed by atoms with Crippen molar-refractivity contribution in [3.05, 3.63) is 58.9 Å². The summed E-state index contributed by atoms with van der Waals surface area (Å²) in [5.41, 5.74) is 2.16. The van der Waals surface area contributed by atoms with Crippen molar-refractivity contribution < 1.29 is 4.79 Å². The molecule has 0 radical (unpaired) electrons. The molecule has 1 atom stereocenters. The summed E-state index contributed by atoms with van der Waals surface area (Å²) < 4.78 is 2.23. The molecular weight excluding hydrogens is 308 g/mol. The zero-order valence-electron chi connectivity index (χ0n) is 13.5. The Morgan fingerprint density at radius 1 is 1.17 bits per heavy atom. The van der Waals surface area contributed by atoms with Crippen molar-refractivity contribution in [1.29, 1.82) is 0 Å². The average molecular weight is 331 g/mol. The van der Waals surface area contributed by atoms with Gasteiger partial charge in [0.1, 0.15) is 0 Å². The highest BCUT2D eigenvalue weighted by molar-refractivity contribution is 6.31. The van der Waals surface area contributed by atoms with E-state index in [9.17, 15) is 4.79 Å². The van der Waals surface area contributed by atoms with Crippen molar-refractivity contribution in [3.63, 3.8) is 0 Å². The highest BCUT2D eigenvalue weighted by Crippen LogP contribution is 2.36. The monoisotopic (exact) mass is 330 g/mol. The van der Waals surface area contributed by atoms with Gasteiger partial charge in [-0.15, -0.1) is 0 Å². The molecule has 0 aliphatic carbocycles. The van der Waals surface area contributed by atoms with E-state index < -0.39 is 0 Å². The lowest BCUT2D eigenvalue weighted by Crippen LogP contribution is -2.42. The van der Waals surface area contributed by atoms with E-state index >= 15 is 0 Å². The first-order chi connectivity index (χ1) is 11.2. The van der Waals surface area contributed by atoms with Gasteiger partial charge in [0.2, 0.25) is 5.91 Å². The lowest BCUT2D eigenvalue weighted by molar-refractivity contribution is -0.134. The van der Waals surface area contributed by atoms with Gasteiger partial charge in [-0.3, -0.25) is 4.79 Å². The van der Waals surface area contributed by atoms with Crippen LogP contribution in [0.1, 0.15) is 49.9 Å². The number of rotatable bonds is 5. The number of nitrogens with zero attached hydrogens (tertiary/aromatic N) is 2. The topological polar surface area (TPSA) is 25.2 Å². The Morgan fingerprint density at radius 3 is 2.78 bits per heavy atom. The number of hydrogen-bond acceptors (Lipinski definition) is 1. The number of carbonyl (C=O) groups excluding carboxylic acids is 1. The number of aromatic nitrogens is 1. The van der Waals surface area contributed by atoms with Crippen LogP contribution in [0, 0.1) is 0 Å². The van der Waals surface area contributed by atoms with Crippen LogP contribution in [-0.2, 0) is 11.3 Å². The summed E-state index contributed by atoms with van der Waals surface area (Å²) in [7, 11) is 0. The van der Waals surface area contributed by atoms with Gasteiger partial charge >= 0.3 is 0 Å². The third-order valence-electron chi connectivity index (χ3n) is 4.55. The lowest BCUT2D eigenvalue weighted by Gasteiger charge is -2.38. The van der Waals surface area contributed by atoms with Crippen LogP contribution in [0.2, 0.25) is 5.02 Å². The van der Waals surface area contributed by atoms with Gasteiger partial charge < -0.3 is 9.47 Å². The summed E-state index contributed by atoms with van der Waals surface area (Å²) in [5.74, 6) is 0.232. The van der Waals surface area contributed by atoms with Crippen LogP contribution in [0.5, 0.6) is 0 Å². The van der Waals surface area contributed by atoms with E-state index in [0.29, 0.717) is 6.42 Å². The lowest BCUT2D eigenvalue weighted by atomic mass is 9.99. The number of amides is 1. The Labute approximate surface area is 142 Å². The Kier molecular flexibility index (Phi) is 5.06. The standard InChI is InChI=1S/C19H23ClN2O/c1-2-3-4-11-18(23)22-14-13-21-12-7-10-17(21)19(22)15-8-5-6-9-16(15)20/h5-10,12,19H,2-4,11,13-14H2,1H3. The van der Waals surface area contributed by atoms with E-state index in [1.807, 2.05) is 35.2 Å². The second-order valence-electron chi connectivity index (χ2n) is 6.09. The smallest absolute Gasteiger partial charge is 0.223 e. The average Bonchev–Trinajstić information content (AvgIpc) is 3.03. The van der Waals surface area contributed by atoms with Gasteiger partial charge in [-0.2, -0.15) is 0 Å². The minimum absolute atomic E-state index is 0.0819. The van der Waals surface area contributed by atoms with Crippen LogP contribution in [0.3, 0.4) is 0 Å². The minimum atomic E-state index is -0.0819. The van der Waals surface area contributed by atoms with Gasteiger partial charge in [-0.1, -0.05) is 49.6 Å². The molecule has 4 heteroatoms. The fraction of sp³-hybridized carbons (Fsp3) is 0.421. The first kappa shape index (κ1) is 16.1. The van der Waals surface area contributed by atoms with Gasteiger partial charge in [0.05, 0.1) is 6.04 Å². The maximum absolute atomic E-state index is 12.8. The number of hydrogen-bond donors (Lipinski definition) is 0. The highest BCUT2D eigenvalue weighted by atomic mass is 35.5. The summed E-state index contributed by atoms with van der Waals surface area (Å²) in [4.78, 5) is 14.8. The molecule has 1 aliphatic rings. The SMILES string of the molecule is CCCCCC(=O)N1CCn2cccc2C1c1ccccc1Cl. The largest absolute Gasteiger partial charge is 0.348 e. The second-order valence-corrected chi connectivity index (χ2v) is 6.50. The molecule has 0 fully saturated rings. The minimum Gasteiger partial charge on any atom is -0.348 e. The van der Waals surface area contributed by atoms with E-state index in [-0.39, 0.29) is 11.9 Å². The van der Waals surface area contributed by atoms with Crippen LogP contribution in [0.15, 0.2) is 42.6 Å². The van der Waals surface area contributed by atoms with Gasteiger partial charge in [-0.25, -0.2) is 0 Å². The van der Waals surface area contributed by atoms with E-state index in [0.717, 1.165) is 48.6 Å². The summed E-state index contributed by atoms with van der Waals surface area (Å²) in [6.07, 6.45) is 5.90. The second kappa shape index (κ2) is 7.22. The quantitative estimate of drug-likeness (QED) is 0.732. The Balaban J connectivity index is 1.93. The fourth-order valence-corrected chi connectivity index (χ4v) is 3.59. The van der Waals surface area contributed by atoms with Crippen molar-refractivity contribution in [1.82, 2.24) is 9.47 Å². The van der Waals surface area contributed by atoms with Crippen molar-refractivity contribution in [2.24, 2.45) is 0 Å². The summed E-state index contributed by atoms with van der Waals surface area (Å²) >= 11 is 6.44. The maximum Gasteiger partial charge on any atom is 0.223 e. The Bertz CT molecular complexity index is 680. The van der Waals surface area contributed by atoms with Crippen LogP contribution < -0.4 is 0 Å². The third kappa shape index (κ3) is 3.30. The van der Waals surface area contributed by atoms with Crippen molar-refractivity contribution in [3.8, 4) is 0 Å². The molecule has 1 aromatic heterocycles. The maximum atomic E-state index is 12.8. The van der Waals surface area contributed by atoms with E-state index in [1.54, 1.807) is 0 Å². The molecule has 2 heterocycles. The molecule has 0 bridgehead atoms. The van der Waals surface area contributed by atoms with Crippen LogP contribution in [-0.4, -0.2) is 21.9 Å². The number of fused-ring (bicyclic) bond motifs is 1. The molecule has 0 spiro atoms. The molecule has 1 aliphatic heterocycles. The normalized spacial score (nSPS) is 17.1. The molecular formula is C19H23ClN2O. The van der Waals surface area contributed by atoms with Gasteiger partial charge in [-0.05, 0) is 30.2 Å². The molecule has 2 aromatic rings. The van der Waals surface area contributed by atoms with Crippen molar-refractivity contribution >= 4 is 17.5 Å². The number of unbranched alkanes of at least 4 members (excludes halogenated alkanes) is 2. The number of carbonyl (C=O) groups is 1.